The average Bonchev–Trinajstić information content (AvgIpc) is 2.29. The molecule has 0 saturated carbocycles. The van der Waals surface area contributed by atoms with Gasteiger partial charge in [0.15, 0.2) is 0 Å². The van der Waals surface area contributed by atoms with Crippen molar-refractivity contribution in [2.24, 2.45) is 0 Å². The molecule has 0 bridgehead atoms. The number of hydrogen-bond acceptors (Lipinski definition) is 3. The van der Waals surface area contributed by atoms with E-state index in [2.05, 4.69) is 5.32 Å². The van der Waals surface area contributed by atoms with Gasteiger partial charge in [0.1, 0.15) is 0 Å². The number of carbonyl (C=O) groups excluding carboxylic acids is 1. The van der Waals surface area contributed by atoms with E-state index in [-0.39, 0.29) is 22.8 Å². The lowest BCUT2D eigenvalue weighted by molar-refractivity contribution is 0.0550. The first-order valence-electron chi connectivity index (χ1n) is 5.87. The highest BCUT2D eigenvalue weighted by molar-refractivity contribution is 6.33. The Labute approximate surface area is 122 Å². The van der Waals surface area contributed by atoms with Crippen LogP contribution in [-0.2, 0) is 0 Å². The largest absolute Gasteiger partial charge is 0.478 e. The van der Waals surface area contributed by atoms with Gasteiger partial charge in [-0.2, -0.15) is 0 Å². The SMILES string of the molecule is CN(CC(C)(C)O)C(=O)Nc1cc(C(=O)O)ccc1Cl. The molecule has 0 spiro atoms. The molecule has 0 saturated heterocycles. The molecule has 0 aliphatic heterocycles. The first-order chi connectivity index (χ1) is 9.10. The summed E-state index contributed by atoms with van der Waals surface area (Å²) in [6.07, 6.45) is 0. The predicted octanol–water partition coefficient (Wildman–Crippen LogP) is 2.27. The Morgan fingerprint density at radius 3 is 2.50 bits per heavy atom. The molecule has 20 heavy (non-hydrogen) atoms. The lowest BCUT2D eigenvalue weighted by Crippen LogP contribution is -2.41. The van der Waals surface area contributed by atoms with E-state index in [9.17, 15) is 14.7 Å². The Kier molecular flexibility index (Phi) is 4.97. The molecule has 7 heteroatoms. The fraction of sp³-hybridized carbons (Fsp3) is 0.385. The number of carbonyl (C=O) groups is 2. The Hall–Kier alpha value is -1.79. The summed E-state index contributed by atoms with van der Waals surface area (Å²) in [6.45, 7) is 3.28. The summed E-state index contributed by atoms with van der Waals surface area (Å²) in [5, 5.41) is 21.3. The number of rotatable bonds is 4. The number of urea groups is 1. The summed E-state index contributed by atoms with van der Waals surface area (Å²) in [5.74, 6) is -1.11. The van der Waals surface area contributed by atoms with Crippen LogP contribution in [0.3, 0.4) is 0 Å². The third-order valence-corrected chi connectivity index (χ3v) is 2.76. The van der Waals surface area contributed by atoms with Crippen LogP contribution >= 0.6 is 11.6 Å². The molecule has 3 N–H and O–H groups in total. The Bertz CT molecular complexity index is 526. The molecular weight excluding hydrogens is 284 g/mol. The van der Waals surface area contributed by atoms with Crippen molar-refractivity contribution in [2.45, 2.75) is 19.4 Å². The molecule has 110 valence electrons. The van der Waals surface area contributed by atoms with Gasteiger partial charge in [-0.05, 0) is 32.0 Å². The number of carboxylic acid groups (broad SMARTS) is 1. The van der Waals surface area contributed by atoms with Crippen molar-refractivity contribution in [1.82, 2.24) is 4.90 Å². The number of aromatic carboxylic acids is 1. The lowest BCUT2D eigenvalue weighted by atomic mass is 10.1. The second-order valence-electron chi connectivity index (χ2n) is 5.10. The van der Waals surface area contributed by atoms with Gasteiger partial charge < -0.3 is 20.4 Å². The molecule has 0 radical (unpaired) electrons. The number of nitrogens with one attached hydrogen (secondary N) is 1. The van der Waals surface area contributed by atoms with Crippen molar-refractivity contribution >= 4 is 29.3 Å². The molecule has 0 aliphatic carbocycles. The van der Waals surface area contributed by atoms with Crippen LogP contribution in [0.5, 0.6) is 0 Å². The maximum atomic E-state index is 11.9. The van der Waals surface area contributed by atoms with Crippen LogP contribution in [0, 0.1) is 0 Å². The minimum atomic E-state index is -1.11. The van der Waals surface area contributed by atoms with Crippen molar-refractivity contribution in [3.63, 3.8) is 0 Å². The monoisotopic (exact) mass is 300 g/mol. The van der Waals surface area contributed by atoms with Gasteiger partial charge in [-0.3, -0.25) is 0 Å². The van der Waals surface area contributed by atoms with Crippen LogP contribution in [-0.4, -0.2) is 46.3 Å². The van der Waals surface area contributed by atoms with E-state index in [4.69, 9.17) is 16.7 Å². The minimum absolute atomic E-state index is 0.0230. The highest BCUT2D eigenvalue weighted by atomic mass is 35.5. The molecule has 0 unspecified atom stereocenters. The van der Waals surface area contributed by atoms with Crippen LogP contribution in [0.1, 0.15) is 24.2 Å². The summed E-state index contributed by atoms with van der Waals surface area (Å²) in [6, 6.07) is 3.54. The standard InChI is InChI=1S/C13H17ClN2O4/c1-13(2,20)7-16(3)12(19)15-10-6-8(11(17)18)4-5-9(10)14/h4-6,20H,7H2,1-3H3,(H,15,19)(H,17,18). The van der Waals surface area contributed by atoms with Gasteiger partial charge in [0.05, 0.1) is 28.4 Å². The van der Waals surface area contributed by atoms with Crippen molar-refractivity contribution in [3.8, 4) is 0 Å². The van der Waals surface area contributed by atoms with Crippen molar-refractivity contribution < 1.29 is 19.8 Å². The molecule has 1 aromatic rings. The van der Waals surface area contributed by atoms with E-state index in [1.54, 1.807) is 13.8 Å². The zero-order valence-corrected chi connectivity index (χ0v) is 12.2. The number of likely N-dealkylation sites (N-methyl/N-ethyl adjacent to an activating group) is 1. The second-order valence-corrected chi connectivity index (χ2v) is 5.51. The molecule has 0 aromatic heterocycles. The van der Waals surface area contributed by atoms with Crippen molar-refractivity contribution in [3.05, 3.63) is 28.8 Å². The number of nitrogens with zero attached hydrogens (tertiary/aromatic N) is 1. The number of halogens is 1. The van der Waals surface area contributed by atoms with Gasteiger partial charge in [0, 0.05) is 7.05 Å². The maximum Gasteiger partial charge on any atom is 0.335 e. The predicted molar refractivity (Wildman–Crippen MR) is 76.4 cm³/mol. The van der Waals surface area contributed by atoms with Gasteiger partial charge in [-0.25, -0.2) is 9.59 Å². The van der Waals surface area contributed by atoms with E-state index in [1.165, 1.54) is 30.1 Å². The molecule has 0 heterocycles. The number of hydrogen-bond donors (Lipinski definition) is 3. The van der Waals surface area contributed by atoms with Crippen LogP contribution in [0.15, 0.2) is 18.2 Å². The van der Waals surface area contributed by atoms with E-state index in [0.717, 1.165) is 0 Å². The molecule has 6 nitrogen and oxygen atoms in total. The quantitative estimate of drug-likeness (QED) is 0.795. The molecule has 0 aliphatic rings. The Morgan fingerprint density at radius 1 is 1.40 bits per heavy atom. The normalized spacial score (nSPS) is 11.1. The Balaban J connectivity index is 2.85. The van der Waals surface area contributed by atoms with Crippen LogP contribution in [0.4, 0.5) is 10.5 Å². The summed E-state index contributed by atoms with van der Waals surface area (Å²) in [4.78, 5) is 24.1. The smallest absolute Gasteiger partial charge is 0.335 e. The first-order valence-corrected chi connectivity index (χ1v) is 6.25. The van der Waals surface area contributed by atoms with E-state index >= 15 is 0 Å². The number of anilines is 1. The topological polar surface area (TPSA) is 89.9 Å². The average molecular weight is 301 g/mol. The van der Waals surface area contributed by atoms with Gasteiger partial charge in [0.2, 0.25) is 0 Å². The maximum absolute atomic E-state index is 11.9. The molecule has 0 fully saturated rings. The molecule has 0 atom stereocenters. The lowest BCUT2D eigenvalue weighted by Gasteiger charge is -2.25. The van der Waals surface area contributed by atoms with Gasteiger partial charge >= 0.3 is 12.0 Å². The Morgan fingerprint density at radius 2 is 2.00 bits per heavy atom. The number of aliphatic hydroxyl groups is 1. The van der Waals surface area contributed by atoms with E-state index < -0.39 is 17.6 Å². The second kappa shape index (κ2) is 6.11. The highest BCUT2D eigenvalue weighted by Gasteiger charge is 2.20. The summed E-state index contributed by atoms with van der Waals surface area (Å²) in [5.41, 5.74) is -0.798. The van der Waals surface area contributed by atoms with Crippen molar-refractivity contribution in [1.29, 1.82) is 0 Å². The number of benzene rings is 1. The highest BCUT2D eigenvalue weighted by Crippen LogP contribution is 2.23. The molecule has 1 aromatic carbocycles. The third-order valence-electron chi connectivity index (χ3n) is 2.43. The third kappa shape index (κ3) is 4.71. The van der Waals surface area contributed by atoms with Crippen LogP contribution < -0.4 is 5.32 Å². The fourth-order valence-corrected chi connectivity index (χ4v) is 1.78. The summed E-state index contributed by atoms with van der Waals surface area (Å²) < 4.78 is 0. The van der Waals surface area contributed by atoms with Crippen LogP contribution in [0.2, 0.25) is 5.02 Å². The number of amides is 2. The number of carboxylic acids is 1. The van der Waals surface area contributed by atoms with Crippen LogP contribution in [0.25, 0.3) is 0 Å². The molecule has 1 rings (SSSR count). The fourth-order valence-electron chi connectivity index (χ4n) is 1.62. The van der Waals surface area contributed by atoms with Gasteiger partial charge in [-0.15, -0.1) is 0 Å². The molecule has 2 amide bonds. The zero-order valence-electron chi connectivity index (χ0n) is 11.5. The van der Waals surface area contributed by atoms with Crippen molar-refractivity contribution in [2.75, 3.05) is 18.9 Å². The van der Waals surface area contributed by atoms with Gasteiger partial charge in [-0.1, -0.05) is 11.6 Å². The minimum Gasteiger partial charge on any atom is -0.478 e. The van der Waals surface area contributed by atoms with Gasteiger partial charge in [0.25, 0.3) is 0 Å². The molecular formula is C13H17ClN2O4. The summed E-state index contributed by atoms with van der Waals surface area (Å²) >= 11 is 5.91. The first kappa shape index (κ1) is 16.3. The zero-order chi connectivity index (χ0) is 15.5. The van der Waals surface area contributed by atoms with E-state index in [1.807, 2.05) is 0 Å². The summed E-state index contributed by atoms with van der Waals surface area (Å²) in [7, 11) is 1.52. The van der Waals surface area contributed by atoms with E-state index in [0.29, 0.717) is 0 Å².